The summed E-state index contributed by atoms with van der Waals surface area (Å²) in [5.74, 6) is -0.900. The molecule has 26 heavy (non-hydrogen) atoms. The molecule has 0 bridgehead atoms. The van der Waals surface area contributed by atoms with Crippen LogP contribution in [0.25, 0.3) is 0 Å². The first-order valence-electron chi connectivity index (χ1n) is 8.57. The van der Waals surface area contributed by atoms with Gasteiger partial charge in [0.2, 0.25) is 5.91 Å². The number of anilines is 1. The quantitative estimate of drug-likeness (QED) is 0.914. The number of likely N-dealkylation sites (tertiary alicyclic amines) is 1. The monoisotopic (exact) mass is 356 g/mol. The van der Waals surface area contributed by atoms with Gasteiger partial charge in [0.15, 0.2) is 0 Å². The molecule has 0 aromatic heterocycles. The van der Waals surface area contributed by atoms with Crippen molar-refractivity contribution >= 4 is 17.5 Å². The number of carbonyl (C=O) groups excluding carboxylic acids is 2. The largest absolute Gasteiger partial charge is 0.496 e. The van der Waals surface area contributed by atoms with Crippen molar-refractivity contribution in [1.82, 2.24) is 4.90 Å². The number of hydrogen-bond acceptors (Lipinski definition) is 3. The van der Waals surface area contributed by atoms with E-state index in [0.29, 0.717) is 25.3 Å². The fourth-order valence-electron chi connectivity index (χ4n) is 3.16. The van der Waals surface area contributed by atoms with E-state index in [9.17, 15) is 14.0 Å². The van der Waals surface area contributed by atoms with Gasteiger partial charge in [-0.3, -0.25) is 9.59 Å². The third kappa shape index (κ3) is 4.02. The Balaban J connectivity index is 1.71. The van der Waals surface area contributed by atoms with Crippen molar-refractivity contribution in [2.45, 2.75) is 12.8 Å². The molecule has 1 N–H and O–H groups in total. The van der Waals surface area contributed by atoms with E-state index < -0.39 is 5.82 Å². The van der Waals surface area contributed by atoms with Crippen LogP contribution < -0.4 is 10.1 Å². The molecule has 3 rings (SSSR count). The lowest BCUT2D eigenvalue weighted by Crippen LogP contribution is -2.43. The van der Waals surface area contributed by atoms with Crippen LogP contribution in [-0.4, -0.2) is 36.9 Å². The van der Waals surface area contributed by atoms with Crippen LogP contribution in [0.5, 0.6) is 5.75 Å². The first-order valence-corrected chi connectivity index (χ1v) is 8.57. The summed E-state index contributed by atoms with van der Waals surface area (Å²) in [6, 6.07) is 13.1. The summed E-state index contributed by atoms with van der Waals surface area (Å²) in [6.45, 7) is 0.838. The molecule has 0 spiro atoms. The summed E-state index contributed by atoms with van der Waals surface area (Å²) < 4.78 is 18.7. The molecule has 2 aromatic rings. The van der Waals surface area contributed by atoms with E-state index in [0.717, 1.165) is 12.1 Å². The van der Waals surface area contributed by atoms with E-state index in [-0.39, 0.29) is 23.3 Å². The van der Waals surface area contributed by atoms with Crippen LogP contribution in [0.1, 0.15) is 23.2 Å². The van der Waals surface area contributed by atoms with Crippen LogP contribution in [0.4, 0.5) is 10.1 Å². The molecular formula is C20H21FN2O3. The maximum Gasteiger partial charge on any atom is 0.257 e. The van der Waals surface area contributed by atoms with E-state index in [1.54, 1.807) is 4.90 Å². The first-order chi connectivity index (χ1) is 12.6. The molecule has 5 nitrogen and oxygen atoms in total. The highest BCUT2D eigenvalue weighted by Crippen LogP contribution is 2.25. The zero-order valence-corrected chi connectivity index (χ0v) is 14.6. The number of methoxy groups -OCH3 is 1. The van der Waals surface area contributed by atoms with Crippen molar-refractivity contribution in [3.8, 4) is 5.75 Å². The summed E-state index contributed by atoms with van der Waals surface area (Å²) in [4.78, 5) is 26.9. The molecule has 1 unspecified atom stereocenters. The summed E-state index contributed by atoms with van der Waals surface area (Å²) in [5, 5.41) is 2.88. The number of hydrogen-bond donors (Lipinski definition) is 1. The lowest BCUT2D eigenvalue weighted by molar-refractivity contribution is -0.121. The normalized spacial score (nSPS) is 16.8. The molecule has 6 heteroatoms. The van der Waals surface area contributed by atoms with Crippen molar-refractivity contribution in [3.63, 3.8) is 0 Å². The van der Waals surface area contributed by atoms with Gasteiger partial charge in [0.1, 0.15) is 11.6 Å². The Kier molecular flexibility index (Phi) is 5.51. The SMILES string of the molecule is COc1ccc(F)cc1C(=O)N1CCCC(C(=O)Nc2ccccc2)C1. The highest BCUT2D eigenvalue weighted by atomic mass is 19.1. The van der Waals surface area contributed by atoms with Crippen molar-refractivity contribution < 1.29 is 18.7 Å². The van der Waals surface area contributed by atoms with Crippen LogP contribution in [-0.2, 0) is 4.79 Å². The summed E-state index contributed by atoms with van der Waals surface area (Å²) in [5.41, 5.74) is 0.907. The second-order valence-corrected chi connectivity index (χ2v) is 6.29. The molecule has 2 amide bonds. The standard InChI is InChI=1S/C20H21FN2O3/c1-26-18-10-9-15(21)12-17(18)20(25)23-11-5-6-14(13-23)19(24)22-16-7-3-2-4-8-16/h2-4,7-10,12,14H,5-6,11,13H2,1H3,(H,22,24). The second kappa shape index (κ2) is 7.99. The number of piperidine rings is 1. The van der Waals surface area contributed by atoms with Gasteiger partial charge in [-0.05, 0) is 43.2 Å². The average Bonchev–Trinajstić information content (AvgIpc) is 2.68. The lowest BCUT2D eigenvalue weighted by Gasteiger charge is -2.32. The van der Waals surface area contributed by atoms with Crippen LogP contribution >= 0.6 is 0 Å². The van der Waals surface area contributed by atoms with E-state index >= 15 is 0 Å². The van der Waals surface area contributed by atoms with Gasteiger partial charge in [0, 0.05) is 18.8 Å². The molecule has 0 radical (unpaired) electrons. The molecule has 0 aliphatic carbocycles. The van der Waals surface area contributed by atoms with Crippen LogP contribution in [0.3, 0.4) is 0 Å². The Bertz CT molecular complexity index is 795. The maximum atomic E-state index is 13.6. The van der Waals surface area contributed by atoms with Gasteiger partial charge in [-0.25, -0.2) is 4.39 Å². The van der Waals surface area contributed by atoms with Crippen molar-refractivity contribution in [2.24, 2.45) is 5.92 Å². The molecule has 0 saturated carbocycles. The van der Waals surface area contributed by atoms with E-state index in [1.165, 1.54) is 25.3 Å². The minimum Gasteiger partial charge on any atom is -0.496 e. The molecule has 1 atom stereocenters. The molecule has 1 aliphatic heterocycles. The molecule has 1 heterocycles. The van der Waals surface area contributed by atoms with Crippen LogP contribution in [0.15, 0.2) is 48.5 Å². The topological polar surface area (TPSA) is 58.6 Å². The van der Waals surface area contributed by atoms with Crippen molar-refractivity contribution in [3.05, 3.63) is 59.9 Å². The summed E-state index contributed by atoms with van der Waals surface area (Å²) in [6.07, 6.45) is 1.43. The lowest BCUT2D eigenvalue weighted by atomic mass is 9.96. The van der Waals surface area contributed by atoms with Gasteiger partial charge in [-0.2, -0.15) is 0 Å². The number of benzene rings is 2. The molecule has 1 saturated heterocycles. The predicted octanol–water partition coefficient (Wildman–Crippen LogP) is 3.33. The van der Waals surface area contributed by atoms with E-state index in [4.69, 9.17) is 4.74 Å². The molecule has 136 valence electrons. The number of nitrogens with one attached hydrogen (secondary N) is 1. The number of amides is 2. The number of nitrogens with zero attached hydrogens (tertiary/aromatic N) is 1. The highest BCUT2D eigenvalue weighted by molar-refractivity contribution is 5.98. The molecule has 1 fully saturated rings. The number of carbonyl (C=O) groups is 2. The van der Waals surface area contributed by atoms with Gasteiger partial charge < -0.3 is 15.0 Å². The van der Waals surface area contributed by atoms with Gasteiger partial charge >= 0.3 is 0 Å². The van der Waals surface area contributed by atoms with E-state index in [2.05, 4.69) is 5.32 Å². The fraction of sp³-hybridized carbons (Fsp3) is 0.300. The van der Waals surface area contributed by atoms with Gasteiger partial charge in [-0.15, -0.1) is 0 Å². The van der Waals surface area contributed by atoms with Crippen molar-refractivity contribution in [2.75, 3.05) is 25.5 Å². The number of ether oxygens (including phenoxy) is 1. The summed E-state index contributed by atoms with van der Waals surface area (Å²) >= 11 is 0. The van der Waals surface area contributed by atoms with Crippen molar-refractivity contribution in [1.29, 1.82) is 0 Å². The molecule has 2 aromatic carbocycles. The number of halogens is 1. The Hall–Kier alpha value is -2.89. The zero-order chi connectivity index (χ0) is 18.5. The Morgan fingerprint density at radius 2 is 1.96 bits per heavy atom. The zero-order valence-electron chi connectivity index (χ0n) is 14.6. The second-order valence-electron chi connectivity index (χ2n) is 6.29. The third-order valence-electron chi connectivity index (χ3n) is 4.51. The van der Waals surface area contributed by atoms with Crippen LogP contribution in [0.2, 0.25) is 0 Å². The Morgan fingerprint density at radius 1 is 1.19 bits per heavy atom. The maximum absolute atomic E-state index is 13.6. The Morgan fingerprint density at radius 3 is 2.69 bits per heavy atom. The minimum absolute atomic E-state index is 0.111. The Labute approximate surface area is 151 Å². The van der Waals surface area contributed by atoms with Gasteiger partial charge in [0.05, 0.1) is 18.6 Å². The number of rotatable bonds is 4. The fourth-order valence-corrected chi connectivity index (χ4v) is 3.16. The third-order valence-corrected chi connectivity index (χ3v) is 4.51. The smallest absolute Gasteiger partial charge is 0.257 e. The molecule has 1 aliphatic rings. The number of para-hydroxylation sites is 1. The predicted molar refractivity (Wildman–Crippen MR) is 96.7 cm³/mol. The highest BCUT2D eigenvalue weighted by Gasteiger charge is 2.30. The van der Waals surface area contributed by atoms with E-state index in [1.807, 2.05) is 30.3 Å². The first kappa shape index (κ1) is 17.9. The average molecular weight is 356 g/mol. The minimum atomic E-state index is -0.496. The molecular weight excluding hydrogens is 335 g/mol. The van der Waals surface area contributed by atoms with Gasteiger partial charge in [0.25, 0.3) is 5.91 Å². The van der Waals surface area contributed by atoms with Crippen LogP contribution in [0, 0.1) is 11.7 Å². The van der Waals surface area contributed by atoms with Gasteiger partial charge in [-0.1, -0.05) is 18.2 Å². The summed E-state index contributed by atoms with van der Waals surface area (Å²) in [7, 11) is 1.44.